The average molecular weight is 281 g/mol. The van der Waals surface area contributed by atoms with Gasteiger partial charge in [0.2, 0.25) is 0 Å². The molecule has 0 saturated carbocycles. The molecule has 0 bridgehead atoms. The minimum atomic E-state index is -0.659. The first-order valence-electron chi connectivity index (χ1n) is 6.42. The van der Waals surface area contributed by atoms with Crippen LogP contribution in [0.5, 0.6) is 0 Å². The van der Waals surface area contributed by atoms with Gasteiger partial charge in [-0.25, -0.2) is 0 Å². The third-order valence-electron chi connectivity index (χ3n) is 3.67. The quantitative estimate of drug-likeness (QED) is 0.658. The van der Waals surface area contributed by atoms with Gasteiger partial charge < -0.3 is 5.11 Å². The number of halogens is 1. The monoisotopic (exact) mass is 280 g/mol. The summed E-state index contributed by atoms with van der Waals surface area (Å²) in [7, 11) is 0. The van der Waals surface area contributed by atoms with Crippen LogP contribution < -0.4 is 10.6 Å². The second-order valence-electron chi connectivity index (χ2n) is 5.10. The summed E-state index contributed by atoms with van der Waals surface area (Å²) in [5.41, 5.74) is 2.00. The van der Waals surface area contributed by atoms with Crippen LogP contribution in [-0.2, 0) is 0 Å². The summed E-state index contributed by atoms with van der Waals surface area (Å²) in [6.07, 6.45) is 2.76. The molecule has 0 amide bonds. The van der Waals surface area contributed by atoms with Crippen molar-refractivity contribution in [2.24, 2.45) is 10.9 Å². The smallest absolute Gasteiger partial charge is 0.112 e. The molecule has 19 heavy (non-hydrogen) atoms. The molecule has 3 rings (SSSR count). The Balaban J connectivity index is 1.84. The molecule has 102 valence electrons. The number of hydrogen-bond donors (Lipinski definition) is 3. The molecule has 5 unspecified atom stereocenters. The lowest BCUT2D eigenvalue weighted by atomic mass is 9.89. The molecule has 0 radical (unpaired) electrons. The maximum Gasteiger partial charge on any atom is 0.112 e. The van der Waals surface area contributed by atoms with Crippen LogP contribution in [0, 0.1) is 12.8 Å². The molecule has 5 nitrogen and oxygen atoms in total. The first-order valence-corrected chi connectivity index (χ1v) is 6.85. The molecule has 6 heteroatoms. The Morgan fingerprint density at radius 3 is 3.05 bits per heavy atom. The lowest BCUT2D eigenvalue weighted by molar-refractivity contribution is 0.0136. The summed E-state index contributed by atoms with van der Waals surface area (Å²) in [6.45, 7) is 2.57. The zero-order chi connectivity index (χ0) is 13.4. The van der Waals surface area contributed by atoms with Crippen molar-refractivity contribution < 1.29 is 5.11 Å². The fourth-order valence-corrected chi connectivity index (χ4v) is 3.05. The summed E-state index contributed by atoms with van der Waals surface area (Å²) >= 11 is 6.23. The predicted octanol–water partition coefficient (Wildman–Crippen LogP) is 0.576. The molecule has 0 aliphatic carbocycles. The molecule has 2 aliphatic heterocycles. The van der Waals surface area contributed by atoms with Crippen LogP contribution in [0.25, 0.3) is 0 Å². The summed E-state index contributed by atoms with van der Waals surface area (Å²) in [6, 6.07) is 3.91. The largest absolute Gasteiger partial charge is 0.378 e. The zero-order valence-corrected chi connectivity index (χ0v) is 11.4. The topological polar surface area (TPSA) is 69.5 Å². The van der Waals surface area contributed by atoms with E-state index in [1.165, 1.54) is 0 Å². The van der Waals surface area contributed by atoms with Crippen LogP contribution in [-0.4, -0.2) is 40.5 Å². The Hall–Kier alpha value is -1.01. The maximum absolute atomic E-state index is 10.3. The standard InChI is InChI=1S/C13H17ClN4O/c1-7-2-3-16-9(4-7)12-17-10-6-15-5-8(14)11(10)13(19)18-12/h2-4,6,8,10-13,17-19H,5H2,1H3. The number of fused-ring (bicyclic) bond motifs is 1. The van der Waals surface area contributed by atoms with Crippen molar-refractivity contribution >= 4 is 17.8 Å². The van der Waals surface area contributed by atoms with E-state index in [9.17, 15) is 5.11 Å². The number of aromatic nitrogens is 1. The molecule has 0 aromatic carbocycles. The molecule has 3 heterocycles. The van der Waals surface area contributed by atoms with Crippen LogP contribution in [0.3, 0.4) is 0 Å². The van der Waals surface area contributed by atoms with Gasteiger partial charge >= 0.3 is 0 Å². The number of hydrogen-bond acceptors (Lipinski definition) is 5. The first kappa shape index (κ1) is 13.0. The third-order valence-corrected chi connectivity index (χ3v) is 4.10. The fraction of sp³-hybridized carbons (Fsp3) is 0.538. The van der Waals surface area contributed by atoms with E-state index < -0.39 is 6.23 Å². The van der Waals surface area contributed by atoms with E-state index >= 15 is 0 Å². The van der Waals surface area contributed by atoms with Crippen molar-refractivity contribution in [3.05, 3.63) is 29.6 Å². The normalized spacial score (nSPS) is 37.9. The first-order chi connectivity index (χ1) is 9.15. The van der Waals surface area contributed by atoms with E-state index in [0.29, 0.717) is 6.54 Å². The van der Waals surface area contributed by atoms with Gasteiger partial charge in [-0.05, 0) is 24.6 Å². The van der Waals surface area contributed by atoms with Gasteiger partial charge in [-0.3, -0.25) is 20.6 Å². The minimum absolute atomic E-state index is 0.0280. The predicted molar refractivity (Wildman–Crippen MR) is 74.3 cm³/mol. The molecule has 3 N–H and O–H groups in total. The molecule has 1 aromatic heterocycles. The molecular weight excluding hydrogens is 264 g/mol. The minimum Gasteiger partial charge on any atom is -0.378 e. The zero-order valence-electron chi connectivity index (χ0n) is 10.6. The van der Waals surface area contributed by atoms with E-state index in [1.54, 1.807) is 6.20 Å². The van der Waals surface area contributed by atoms with E-state index in [0.717, 1.165) is 11.3 Å². The van der Waals surface area contributed by atoms with E-state index in [1.807, 2.05) is 25.3 Å². The highest BCUT2D eigenvalue weighted by Gasteiger charge is 2.41. The Morgan fingerprint density at radius 2 is 2.26 bits per heavy atom. The number of nitrogens with zero attached hydrogens (tertiary/aromatic N) is 2. The van der Waals surface area contributed by atoms with Crippen LogP contribution in [0.4, 0.5) is 0 Å². The Bertz CT molecular complexity index is 495. The number of pyridine rings is 1. The van der Waals surface area contributed by atoms with E-state index in [2.05, 4.69) is 20.6 Å². The number of nitrogens with one attached hydrogen (secondary N) is 2. The van der Waals surface area contributed by atoms with Crippen molar-refractivity contribution in [2.45, 2.75) is 30.7 Å². The number of aliphatic hydroxyl groups is 1. The van der Waals surface area contributed by atoms with Gasteiger partial charge in [-0.15, -0.1) is 11.6 Å². The third kappa shape index (κ3) is 2.51. The molecule has 1 aromatic rings. The molecule has 2 aliphatic rings. The molecular formula is C13H17ClN4O. The van der Waals surface area contributed by atoms with Crippen molar-refractivity contribution in [1.82, 2.24) is 15.6 Å². The van der Waals surface area contributed by atoms with Gasteiger partial charge in [-0.2, -0.15) is 0 Å². The lowest BCUT2D eigenvalue weighted by Gasteiger charge is -2.43. The number of rotatable bonds is 1. The van der Waals surface area contributed by atoms with Crippen molar-refractivity contribution in [3.63, 3.8) is 0 Å². The summed E-state index contributed by atoms with van der Waals surface area (Å²) in [5.74, 6) is -0.0692. The highest BCUT2D eigenvalue weighted by Crippen LogP contribution is 2.28. The Kier molecular flexibility index (Phi) is 3.54. The molecule has 0 spiro atoms. The van der Waals surface area contributed by atoms with Gasteiger partial charge in [0.25, 0.3) is 0 Å². The SMILES string of the molecule is Cc1ccnc(C2NC(O)C3C(Cl)CN=CC3N2)c1. The van der Waals surface area contributed by atoms with Gasteiger partial charge in [-0.1, -0.05) is 0 Å². The van der Waals surface area contributed by atoms with Gasteiger partial charge in [0.15, 0.2) is 0 Å². The van der Waals surface area contributed by atoms with Crippen LogP contribution in [0.2, 0.25) is 0 Å². The average Bonchev–Trinajstić information content (AvgIpc) is 2.38. The fourth-order valence-electron chi connectivity index (χ4n) is 2.68. The van der Waals surface area contributed by atoms with Crippen molar-refractivity contribution in [3.8, 4) is 0 Å². The number of aryl methyl sites for hydroxylation is 1. The Morgan fingerprint density at radius 1 is 1.42 bits per heavy atom. The highest BCUT2D eigenvalue weighted by atomic mass is 35.5. The summed E-state index contributed by atoms with van der Waals surface area (Å²) in [4.78, 5) is 8.58. The number of aliphatic imine (C=N–C) groups is 1. The van der Waals surface area contributed by atoms with E-state index in [-0.39, 0.29) is 23.5 Å². The van der Waals surface area contributed by atoms with Crippen LogP contribution >= 0.6 is 11.6 Å². The maximum atomic E-state index is 10.3. The summed E-state index contributed by atoms with van der Waals surface area (Å²) < 4.78 is 0. The van der Waals surface area contributed by atoms with Gasteiger partial charge in [0, 0.05) is 18.3 Å². The van der Waals surface area contributed by atoms with Gasteiger partial charge in [0.05, 0.1) is 23.7 Å². The summed E-state index contributed by atoms with van der Waals surface area (Å²) in [5, 5.41) is 16.6. The Labute approximate surface area is 117 Å². The van der Waals surface area contributed by atoms with E-state index in [4.69, 9.17) is 11.6 Å². The lowest BCUT2D eigenvalue weighted by Crippen LogP contribution is -2.63. The van der Waals surface area contributed by atoms with Crippen molar-refractivity contribution in [1.29, 1.82) is 0 Å². The molecule has 1 saturated heterocycles. The van der Waals surface area contributed by atoms with Crippen LogP contribution in [0.1, 0.15) is 17.4 Å². The number of alkyl halides is 1. The van der Waals surface area contributed by atoms with Crippen LogP contribution in [0.15, 0.2) is 23.3 Å². The second kappa shape index (κ2) is 5.17. The highest BCUT2D eigenvalue weighted by molar-refractivity contribution is 6.21. The second-order valence-corrected chi connectivity index (χ2v) is 5.66. The van der Waals surface area contributed by atoms with Gasteiger partial charge in [0.1, 0.15) is 12.4 Å². The molecule has 5 atom stereocenters. The number of aliphatic hydroxyl groups excluding tert-OH is 1. The van der Waals surface area contributed by atoms with Crippen molar-refractivity contribution in [2.75, 3.05) is 6.54 Å². The molecule has 1 fully saturated rings.